The number of rotatable bonds is 6. The van der Waals surface area contributed by atoms with Crippen LogP contribution in [0.15, 0.2) is 42.5 Å². The molecule has 0 fully saturated rings. The molecule has 0 saturated heterocycles. The molecule has 6 heteroatoms. The van der Waals surface area contributed by atoms with Crippen LogP contribution in [-0.4, -0.2) is 30.5 Å². The maximum absolute atomic E-state index is 12.7. The molecule has 1 heterocycles. The molecule has 6 nitrogen and oxygen atoms in total. The van der Waals surface area contributed by atoms with E-state index in [1.807, 2.05) is 13.0 Å². The topological polar surface area (TPSA) is 85.5 Å². The Morgan fingerprint density at radius 1 is 1.17 bits per heavy atom. The van der Waals surface area contributed by atoms with Crippen LogP contribution in [0.25, 0.3) is 0 Å². The highest BCUT2D eigenvalue weighted by Gasteiger charge is 2.19. The summed E-state index contributed by atoms with van der Waals surface area (Å²) in [5.74, 6) is -0.0571. The molecule has 120 valence electrons. The Bertz CT molecular complexity index is 698. The molecule has 0 unspecified atom stereocenters. The van der Waals surface area contributed by atoms with Crippen LogP contribution < -0.4 is 15.4 Å². The van der Waals surface area contributed by atoms with E-state index in [4.69, 9.17) is 10.5 Å². The Balaban J connectivity index is 2.32. The number of pyridine rings is 1. The fourth-order valence-corrected chi connectivity index (χ4v) is 2.13. The number of primary amides is 1. The number of anilines is 1. The molecule has 23 heavy (non-hydrogen) atoms. The van der Waals surface area contributed by atoms with Gasteiger partial charge in [0.25, 0.3) is 5.91 Å². The van der Waals surface area contributed by atoms with Crippen molar-refractivity contribution in [3.05, 3.63) is 53.9 Å². The summed E-state index contributed by atoms with van der Waals surface area (Å²) in [6.07, 6.45) is 0.0730. The van der Waals surface area contributed by atoms with Crippen LogP contribution in [0.2, 0.25) is 0 Å². The van der Waals surface area contributed by atoms with E-state index in [9.17, 15) is 9.59 Å². The summed E-state index contributed by atoms with van der Waals surface area (Å²) >= 11 is 0. The first-order chi connectivity index (χ1) is 11.0. The Hall–Kier alpha value is -2.89. The average Bonchev–Trinajstić information content (AvgIpc) is 2.55. The number of hydrogen-bond acceptors (Lipinski definition) is 4. The van der Waals surface area contributed by atoms with Gasteiger partial charge in [-0.15, -0.1) is 0 Å². The molecule has 1 aromatic carbocycles. The number of aromatic nitrogens is 1. The number of carbonyl (C=O) groups is 2. The summed E-state index contributed by atoms with van der Waals surface area (Å²) in [5.41, 5.74) is 6.94. The van der Waals surface area contributed by atoms with Gasteiger partial charge in [-0.2, -0.15) is 0 Å². The summed E-state index contributed by atoms with van der Waals surface area (Å²) in [5, 5.41) is 0. The molecule has 0 aliphatic heterocycles. The van der Waals surface area contributed by atoms with Crippen molar-refractivity contribution in [2.75, 3.05) is 18.6 Å². The van der Waals surface area contributed by atoms with Crippen molar-refractivity contribution >= 4 is 17.5 Å². The zero-order valence-electron chi connectivity index (χ0n) is 13.2. The highest BCUT2D eigenvalue weighted by atomic mass is 16.5. The van der Waals surface area contributed by atoms with Crippen molar-refractivity contribution in [1.82, 2.24) is 4.98 Å². The highest BCUT2D eigenvalue weighted by molar-refractivity contribution is 6.05. The fourth-order valence-electron chi connectivity index (χ4n) is 2.13. The lowest BCUT2D eigenvalue weighted by atomic mass is 10.2. The van der Waals surface area contributed by atoms with Gasteiger partial charge in [0.05, 0.1) is 7.11 Å². The molecule has 0 bridgehead atoms. The fraction of sp³-hybridized carbons (Fsp3) is 0.235. The molecule has 2 N–H and O–H groups in total. The number of hydrogen-bond donors (Lipinski definition) is 1. The Labute approximate surface area is 134 Å². The molecule has 0 aliphatic carbocycles. The molecule has 2 aromatic rings. The second kappa shape index (κ2) is 7.40. The van der Waals surface area contributed by atoms with E-state index in [1.54, 1.807) is 43.5 Å². The predicted molar refractivity (Wildman–Crippen MR) is 87.5 cm³/mol. The van der Waals surface area contributed by atoms with Gasteiger partial charge in [0.2, 0.25) is 5.91 Å². The maximum Gasteiger partial charge on any atom is 0.276 e. The van der Waals surface area contributed by atoms with Gasteiger partial charge in [0.15, 0.2) is 0 Å². The summed E-state index contributed by atoms with van der Waals surface area (Å²) in [4.78, 5) is 29.6. The van der Waals surface area contributed by atoms with E-state index >= 15 is 0 Å². The number of amides is 2. The van der Waals surface area contributed by atoms with Crippen LogP contribution in [0.1, 0.15) is 22.6 Å². The minimum atomic E-state index is -0.464. The van der Waals surface area contributed by atoms with Gasteiger partial charge in [0, 0.05) is 24.3 Å². The van der Waals surface area contributed by atoms with Crippen molar-refractivity contribution in [3.8, 4) is 5.75 Å². The zero-order valence-corrected chi connectivity index (χ0v) is 13.2. The van der Waals surface area contributed by atoms with Gasteiger partial charge in [0.1, 0.15) is 11.4 Å². The third-order valence-electron chi connectivity index (χ3n) is 3.32. The monoisotopic (exact) mass is 313 g/mol. The van der Waals surface area contributed by atoms with Crippen molar-refractivity contribution in [3.63, 3.8) is 0 Å². The quantitative estimate of drug-likeness (QED) is 0.883. The normalized spacial score (nSPS) is 10.2. The number of benzene rings is 1. The lowest BCUT2D eigenvalue weighted by Crippen LogP contribution is -2.34. The van der Waals surface area contributed by atoms with Crippen molar-refractivity contribution in [2.24, 2.45) is 5.73 Å². The second-order valence-corrected chi connectivity index (χ2v) is 5.04. The largest absolute Gasteiger partial charge is 0.497 e. The molecule has 2 amide bonds. The van der Waals surface area contributed by atoms with E-state index in [2.05, 4.69) is 4.98 Å². The lowest BCUT2D eigenvalue weighted by molar-refractivity contribution is -0.117. The molecular formula is C17H19N3O3. The first-order valence-corrected chi connectivity index (χ1v) is 7.19. The Kier molecular flexibility index (Phi) is 5.30. The van der Waals surface area contributed by atoms with E-state index in [1.165, 1.54) is 4.90 Å². The zero-order chi connectivity index (χ0) is 16.8. The van der Waals surface area contributed by atoms with Crippen LogP contribution in [0, 0.1) is 6.92 Å². The number of aryl methyl sites for hydroxylation is 1. The third kappa shape index (κ3) is 4.29. The summed E-state index contributed by atoms with van der Waals surface area (Å²) in [6.45, 7) is 2.01. The lowest BCUT2D eigenvalue weighted by Gasteiger charge is -2.22. The summed E-state index contributed by atoms with van der Waals surface area (Å²) in [7, 11) is 1.57. The SMILES string of the molecule is COc1ccc(N(CCC(N)=O)C(=O)c2cccc(C)n2)cc1. The number of methoxy groups -OCH3 is 1. The Morgan fingerprint density at radius 2 is 1.87 bits per heavy atom. The van der Waals surface area contributed by atoms with E-state index in [0.29, 0.717) is 17.1 Å². The summed E-state index contributed by atoms with van der Waals surface area (Å²) < 4.78 is 5.12. The summed E-state index contributed by atoms with van der Waals surface area (Å²) in [6, 6.07) is 12.3. The second-order valence-electron chi connectivity index (χ2n) is 5.04. The molecular weight excluding hydrogens is 294 g/mol. The Morgan fingerprint density at radius 3 is 2.43 bits per heavy atom. The molecule has 0 aliphatic rings. The molecule has 0 radical (unpaired) electrons. The van der Waals surface area contributed by atoms with E-state index in [0.717, 1.165) is 5.69 Å². The first-order valence-electron chi connectivity index (χ1n) is 7.19. The number of nitrogens with zero attached hydrogens (tertiary/aromatic N) is 2. The number of ether oxygens (including phenoxy) is 1. The van der Waals surface area contributed by atoms with Crippen molar-refractivity contribution in [2.45, 2.75) is 13.3 Å². The average molecular weight is 313 g/mol. The third-order valence-corrected chi connectivity index (χ3v) is 3.32. The molecule has 1 aromatic heterocycles. The van der Waals surface area contributed by atoms with Gasteiger partial charge in [-0.1, -0.05) is 6.07 Å². The number of nitrogens with two attached hydrogens (primary N) is 1. The minimum Gasteiger partial charge on any atom is -0.497 e. The molecule has 0 spiro atoms. The van der Waals surface area contributed by atoms with E-state index in [-0.39, 0.29) is 18.9 Å². The highest BCUT2D eigenvalue weighted by Crippen LogP contribution is 2.21. The molecule has 0 atom stereocenters. The van der Waals surface area contributed by atoms with Gasteiger partial charge >= 0.3 is 0 Å². The van der Waals surface area contributed by atoms with Crippen LogP contribution >= 0.6 is 0 Å². The van der Waals surface area contributed by atoms with Crippen LogP contribution in [-0.2, 0) is 4.79 Å². The van der Waals surface area contributed by atoms with Gasteiger partial charge in [-0.3, -0.25) is 9.59 Å². The van der Waals surface area contributed by atoms with Crippen molar-refractivity contribution < 1.29 is 14.3 Å². The smallest absolute Gasteiger partial charge is 0.276 e. The van der Waals surface area contributed by atoms with Gasteiger partial charge in [-0.25, -0.2) is 4.98 Å². The van der Waals surface area contributed by atoms with Crippen LogP contribution in [0.4, 0.5) is 5.69 Å². The minimum absolute atomic E-state index is 0.0730. The van der Waals surface area contributed by atoms with Crippen LogP contribution in [0.5, 0.6) is 5.75 Å². The first kappa shape index (κ1) is 16.5. The maximum atomic E-state index is 12.7. The van der Waals surface area contributed by atoms with Gasteiger partial charge in [-0.05, 0) is 43.3 Å². The molecule has 2 rings (SSSR count). The number of carbonyl (C=O) groups excluding carboxylic acids is 2. The molecule has 0 saturated carbocycles. The van der Waals surface area contributed by atoms with Crippen molar-refractivity contribution in [1.29, 1.82) is 0 Å². The predicted octanol–water partition coefficient (Wildman–Crippen LogP) is 1.92. The van der Waals surface area contributed by atoms with Gasteiger partial charge < -0.3 is 15.4 Å². The van der Waals surface area contributed by atoms with E-state index < -0.39 is 5.91 Å². The standard InChI is InChI=1S/C17H19N3O3/c1-12-4-3-5-15(19-12)17(22)20(11-10-16(18)21)13-6-8-14(23-2)9-7-13/h3-9H,10-11H2,1-2H3,(H2,18,21). The van der Waals surface area contributed by atoms with Crippen LogP contribution in [0.3, 0.4) is 0 Å².